The molecule has 2 aromatic carbocycles. The maximum absolute atomic E-state index is 12.9. The molecular weight excluding hydrogens is 410 g/mol. The molecule has 0 aliphatic rings. The third-order valence-corrected chi connectivity index (χ3v) is 5.79. The fourth-order valence-corrected chi connectivity index (χ4v) is 3.65. The summed E-state index contributed by atoms with van der Waals surface area (Å²) in [5, 5.41) is 4.81. The maximum atomic E-state index is 12.9. The number of nitrogens with zero attached hydrogens (tertiary/aromatic N) is 1. The van der Waals surface area contributed by atoms with Crippen LogP contribution in [0.2, 0.25) is 0 Å². The molecule has 164 valence electrons. The second kappa shape index (κ2) is 10.4. The molecule has 1 aromatic heterocycles. The van der Waals surface area contributed by atoms with Gasteiger partial charge in [0, 0.05) is 25.8 Å². The Balaban J connectivity index is 1.89. The number of thiocarbonyl (C=S) groups is 1. The van der Waals surface area contributed by atoms with Crippen molar-refractivity contribution in [3.05, 3.63) is 75.1 Å². The number of H-pyrrole nitrogens is 1. The Labute approximate surface area is 188 Å². The van der Waals surface area contributed by atoms with Crippen molar-refractivity contribution in [1.82, 2.24) is 15.2 Å². The first kappa shape index (κ1) is 22.8. The van der Waals surface area contributed by atoms with E-state index in [-0.39, 0.29) is 5.56 Å². The monoisotopic (exact) mass is 439 g/mol. The van der Waals surface area contributed by atoms with Gasteiger partial charge in [-0.05, 0) is 66.3 Å². The van der Waals surface area contributed by atoms with Gasteiger partial charge in [-0.1, -0.05) is 24.3 Å². The fraction of sp³-hybridized carbons (Fsp3) is 0.333. The van der Waals surface area contributed by atoms with Crippen molar-refractivity contribution in [3.63, 3.8) is 0 Å². The van der Waals surface area contributed by atoms with Crippen molar-refractivity contribution in [1.29, 1.82) is 0 Å². The minimum Gasteiger partial charge on any atom is -0.497 e. The zero-order chi connectivity index (χ0) is 22.4. The van der Waals surface area contributed by atoms with Crippen LogP contribution < -0.4 is 15.6 Å². The molecule has 0 saturated carbocycles. The maximum Gasteiger partial charge on any atom is 0.253 e. The number of methoxy groups -OCH3 is 2. The first-order valence-electron chi connectivity index (χ1n) is 10.2. The number of rotatable bonds is 8. The molecule has 31 heavy (non-hydrogen) atoms. The molecule has 0 aliphatic carbocycles. The number of aromatic amines is 1. The third-order valence-electron chi connectivity index (χ3n) is 5.39. The Morgan fingerprint density at radius 3 is 2.52 bits per heavy atom. The van der Waals surface area contributed by atoms with Crippen molar-refractivity contribution in [2.75, 3.05) is 27.4 Å². The van der Waals surface area contributed by atoms with E-state index in [1.54, 1.807) is 14.2 Å². The largest absolute Gasteiger partial charge is 0.497 e. The van der Waals surface area contributed by atoms with E-state index in [1.807, 2.05) is 55.1 Å². The van der Waals surface area contributed by atoms with E-state index in [0.717, 1.165) is 33.3 Å². The highest BCUT2D eigenvalue weighted by molar-refractivity contribution is 7.80. The summed E-state index contributed by atoms with van der Waals surface area (Å²) in [6, 6.07) is 13.9. The lowest BCUT2D eigenvalue weighted by Gasteiger charge is -2.26. The lowest BCUT2D eigenvalue weighted by atomic mass is 10.0. The summed E-state index contributed by atoms with van der Waals surface area (Å²) in [5.41, 5.74) is 4.77. The van der Waals surface area contributed by atoms with Crippen molar-refractivity contribution in [3.8, 4) is 5.75 Å². The zero-order valence-corrected chi connectivity index (χ0v) is 19.3. The number of fused-ring (bicyclic) bond motifs is 1. The van der Waals surface area contributed by atoms with Crippen LogP contribution in [0.3, 0.4) is 0 Å². The summed E-state index contributed by atoms with van der Waals surface area (Å²) in [6.07, 6.45) is 0. The van der Waals surface area contributed by atoms with Crippen LogP contribution in [0.15, 0.2) is 47.3 Å². The Morgan fingerprint density at radius 2 is 1.84 bits per heavy atom. The molecule has 0 bridgehead atoms. The van der Waals surface area contributed by atoms with Gasteiger partial charge >= 0.3 is 0 Å². The highest BCUT2D eigenvalue weighted by Crippen LogP contribution is 2.20. The van der Waals surface area contributed by atoms with Crippen LogP contribution in [0.4, 0.5) is 0 Å². The minimum absolute atomic E-state index is 0.0966. The number of aryl methyl sites for hydroxylation is 2. The van der Waals surface area contributed by atoms with Gasteiger partial charge in [0.1, 0.15) is 5.75 Å². The van der Waals surface area contributed by atoms with E-state index in [0.29, 0.717) is 36.9 Å². The smallest absolute Gasteiger partial charge is 0.253 e. The highest BCUT2D eigenvalue weighted by Gasteiger charge is 2.15. The average molecular weight is 440 g/mol. The predicted molar refractivity (Wildman–Crippen MR) is 129 cm³/mol. The van der Waals surface area contributed by atoms with E-state index in [2.05, 4.69) is 16.4 Å². The van der Waals surface area contributed by atoms with Gasteiger partial charge in [0.2, 0.25) is 0 Å². The van der Waals surface area contributed by atoms with Gasteiger partial charge in [-0.3, -0.25) is 4.79 Å². The first-order chi connectivity index (χ1) is 14.9. The highest BCUT2D eigenvalue weighted by atomic mass is 32.1. The van der Waals surface area contributed by atoms with Crippen LogP contribution in [0.5, 0.6) is 5.75 Å². The van der Waals surface area contributed by atoms with Gasteiger partial charge in [-0.2, -0.15) is 0 Å². The molecule has 2 N–H and O–H groups in total. The quantitative estimate of drug-likeness (QED) is 0.412. The number of benzene rings is 2. The lowest BCUT2D eigenvalue weighted by Crippen LogP contribution is -2.41. The third kappa shape index (κ3) is 5.62. The molecule has 0 unspecified atom stereocenters. The van der Waals surface area contributed by atoms with E-state index in [9.17, 15) is 4.79 Å². The van der Waals surface area contributed by atoms with Gasteiger partial charge in [0.05, 0.1) is 25.8 Å². The number of hydrogen-bond acceptors (Lipinski definition) is 4. The Hall–Kier alpha value is -2.90. The molecule has 7 heteroatoms. The van der Waals surface area contributed by atoms with Gasteiger partial charge in [-0.15, -0.1) is 0 Å². The Morgan fingerprint density at radius 1 is 1.10 bits per heavy atom. The second-order valence-electron chi connectivity index (χ2n) is 7.52. The molecule has 0 radical (unpaired) electrons. The molecule has 0 aliphatic heterocycles. The van der Waals surface area contributed by atoms with Gasteiger partial charge in [-0.25, -0.2) is 0 Å². The molecule has 3 rings (SSSR count). The summed E-state index contributed by atoms with van der Waals surface area (Å²) in [5.74, 6) is 0.799. The SMILES string of the molecule is COCCNC(=S)N(Cc1ccc(OC)cc1)Cc1cc2ccc(C)c(C)c2[nH]c1=O. The Bertz CT molecular complexity index is 1110. The molecule has 0 spiro atoms. The number of nitrogens with one attached hydrogen (secondary N) is 2. The van der Waals surface area contributed by atoms with Gasteiger partial charge < -0.3 is 24.7 Å². The topological polar surface area (TPSA) is 66.6 Å². The molecule has 0 atom stereocenters. The molecule has 3 aromatic rings. The van der Waals surface area contributed by atoms with Crippen molar-refractivity contribution < 1.29 is 9.47 Å². The van der Waals surface area contributed by atoms with Crippen LogP contribution in [0, 0.1) is 13.8 Å². The molecule has 6 nitrogen and oxygen atoms in total. The van der Waals surface area contributed by atoms with Crippen molar-refractivity contribution in [2.24, 2.45) is 0 Å². The summed E-state index contributed by atoms with van der Waals surface area (Å²) in [4.78, 5) is 17.9. The molecule has 1 heterocycles. The predicted octanol–water partition coefficient (Wildman–Crippen LogP) is 3.68. The van der Waals surface area contributed by atoms with Crippen LogP contribution in [-0.4, -0.2) is 42.4 Å². The summed E-state index contributed by atoms with van der Waals surface area (Å²) < 4.78 is 10.4. The molecule has 0 fully saturated rings. The molecular formula is C24H29N3O3S. The molecule has 0 amide bonds. The number of ether oxygens (including phenoxy) is 2. The normalized spacial score (nSPS) is 10.8. The lowest BCUT2D eigenvalue weighted by molar-refractivity contribution is 0.202. The zero-order valence-electron chi connectivity index (χ0n) is 18.5. The number of pyridine rings is 1. The van der Waals surface area contributed by atoms with E-state index >= 15 is 0 Å². The second-order valence-corrected chi connectivity index (χ2v) is 7.91. The van der Waals surface area contributed by atoms with Crippen molar-refractivity contribution in [2.45, 2.75) is 26.9 Å². The number of hydrogen-bond donors (Lipinski definition) is 2. The minimum atomic E-state index is -0.0966. The Kier molecular flexibility index (Phi) is 7.65. The number of aromatic nitrogens is 1. The summed E-state index contributed by atoms with van der Waals surface area (Å²) in [6.45, 7) is 6.17. The fourth-order valence-electron chi connectivity index (χ4n) is 3.42. The van der Waals surface area contributed by atoms with E-state index in [4.69, 9.17) is 21.7 Å². The summed E-state index contributed by atoms with van der Waals surface area (Å²) >= 11 is 5.64. The van der Waals surface area contributed by atoms with Crippen LogP contribution >= 0.6 is 12.2 Å². The van der Waals surface area contributed by atoms with Crippen LogP contribution in [0.1, 0.15) is 22.3 Å². The van der Waals surface area contributed by atoms with E-state index < -0.39 is 0 Å². The average Bonchev–Trinajstić information content (AvgIpc) is 2.77. The summed E-state index contributed by atoms with van der Waals surface area (Å²) in [7, 11) is 3.30. The van der Waals surface area contributed by atoms with Crippen LogP contribution in [-0.2, 0) is 17.8 Å². The first-order valence-corrected chi connectivity index (χ1v) is 10.6. The van der Waals surface area contributed by atoms with Crippen molar-refractivity contribution >= 4 is 28.2 Å². The standard InChI is InChI=1S/C24H29N3O3S/c1-16-5-8-19-13-20(23(28)26-22(19)17(16)2)15-27(24(31)25-11-12-29-3)14-18-6-9-21(30-4)10-7-18/h5-10,13H,11-12,14-15H2,1-4H3,(H,25,31)(H,26,28). The molecule has 0 saturated heterocycles. The van der Waals surface area contributed by atoms with E-state index in [1.165, 1.54) is 0 Å². The van der Waals surface area contributed by atoms with Gasteiger partial charge in [0.25, 0.3) is 5.56 Å². The van der Waals surface area contributed by atoms with Gasteiger partial charge in [0.15, 0.2) is 5.11 Å². The van der Waals surface area contributed by atoms with Crippen LogP contribution in [0.25, 0.3) is 10.9 Å².